The van der Waals surface area contributed by atoms with E-state index in [1.54, 1.807) is 0 Å². The molecule has 0 saturated carbocycles. The molecule has 278 valence electrons. The first-order valence-corrected chi connectivity index (χ1v) is 20.3. The summed E-state index contributed by atoms with van der Waals surface area (Å²) in [5.74, 6) is -0.359. The zero-order valence-corrected chi connectivity index (χ0v) is 31.3. The fourth-order valence-corrected chi connectivity index (χ4v) is 5.44. The van der Waals surface area contributed by atoms with Gasteiger partial charge in [0.2, 0.25) is 0 Å². The van der Waals surface area contributed by atoms with Gasteiger partial charge >= 0.3 is 13.8 Å². The molecule has 0 spiro atoms. The number of phosphoric acid groups is 1. The van der Waals surface area contributed by atoms with Crippen LogP contribution in [0.15, 0.2) is 60.8 Å². The third kappa shape index (κ3) is 35.5. The number of nitrogens with two attached hydrogens (primary N) is 1. The van der Waals surface area contributed by atoms with Crippen LogP contribution >= 0.6 is 7.82 Å². The summed E-state index contributed by atoms with van der Waals surface area (Å²) < 4.78 is 33.2. The molecule has 0 bridgehead atoms. The van der Waals surface area contributed by atoms with E-state index in [1.807, 2.05) is 0 Å². The Labute approximate surface area is 293 Å². The molecule has 48 heavy (non-hydrogen) atoms. The van der Waals surface area contributed by atoms with Crippen LogP contribution in [0.25, 0.3) is 0 Å². The minimum Gasteiger partial charge on any atom is -0.457 e. The smallest absolute Gasteiger partial charge is 0.457 e. The fourth-order valence-electron chi connectivity index (χ4n) is 4.67. The number of ether oxygens (including phenoxy) is 2. The number of allylic oxidation sites excluding steroid dienone is 10. The van der Waals surface area contributed by atoms with Gasteiger partial charge in [0.1, 0.15) is 6.10 Å². The average molecular weight is 696 g/mol. The van der Waals surface area contributed by atoms with Crippen molar-refractivity contribution in [2.75, 3.05) is 33.0 Å². The molecule has 0 aromatic rings. The van der Waals surface area contributed by atoms with Crippen LogP contribution in [-0.2, 0) is 27.9 Å². The number of hydrogen-bond donors (Lipinski definition) is 2. The number of carbonyl (C=O) groups excluding carboxylic acids is 1. The minimum atomic E-state index is -4.28. The highest BCUT2D eigenvalue weighted by Crippen LogP contribution is 2.43. The minimum absolute atomic E-state index is 0.0922. The highest BCUT2D eigenvalue weighted by Gasteiger charge is 2.25. The molecule has 0 aromatic carbocycles. The Kier molecular flexibility index (Phi) is 35.1. The number of rotatable bonds is 35. The molecule has 0 fully saturated rings. The van der Waals surface area contributed by atoms with Crippen LogP contribution < -0.4 is 5.73 Å². The van der Waals surface area contributed by atoms with E-state index in [4.69, 9.17) is 24.3 Å². The van der Waals surface area contributed by atoms with Gasteiger partial charge in [-0.3, -0.25) is 13.8 Å². The summed E-state index contributed by atoms with van der Waals surface area (Å²) in [7, 11) is -4.28. The van der Waals surface area contributed by atoms with Crippen molar-refractivity contribution in [1.29, 1.82) is 0 Å². The number of esters is 1. The molecular formula is C39H70NO7P. The van der Waals surface area contributed by atoms with E-state index < -0.39 is 13.9 Å². The Morgan fingerprint density at radius 2 is 1.17 bits per heavy atom. The maximum atomic E-state index is 12.5. The lowest BCUT2D eigenvalue weighted by molar-refractivity contribution is -0.154. The molecule has 2 unspecified atom stereocenters. The van der Waals surface area contributed by atoms with Crippen molar-refractivity contribution < 1.29 is 32.8 Å². The van der Waals surface area contributed by atoms with E-state index in [0.29, 0.717) is 6.61 Å². The lowest BCUT2D eigenvalue weighted by Crippen LogP contribution is -2.28. The molecular weight excluding hydrogens is 625 g/mol. The first-order valence-electron chi connectivity index (χ1n) is 18.8. The molecule has 8 nitrogen and oxygen atoms in total. The van der Waals surface area contributed by atoms with Gasteiger partial charge in [-0.15, -0.1) is 0 Å². The van der Waals surface area contributed by atoms with Gasteiger partial charge in [-0.2, -0.15) is 0 Å². The van der Waals surface area contributed by atoms with Gasteiger partial charge in [0.15, 0.2) is 0 Å². The molecule has 0 aliphatic carbocycles. The van der Waals surface area contributed by atoms with Gasteiger partial charge in [0.25, 0.3) is 0 Å². The summed E-state index contributed by atoms with van der Waals surface area (Å²) in [5.41, 5.74) is 5.35. The zero-order valence-electron chi connectivity index (χ0n) is 30.4. The molecule has 0 amide bonds. The Hall–Kier alpha value is -1.80. The van der Waals surface area contributed by atoms with Crippen LogP contribution in [0.5, 0.6) is 0 Å². The molecule has 0 rings (SSSR count). The van der Waals surface area contributed by atoms with Crippen LogP contribution in [-0.4, -0.2) is 49.9 Å². The Bertz CT molecular complexity index is 916. The van der Waals surface area contributed by atoms with Crippen molar-refractivity contribution in [2.24, 2.45) is 5.73 Å². The van der Waals surface area contributed by atoms with Crippen molar-refractivity contribution in [3.8, 4) is 0 Å². The maximum absolute atomic E-state index is 12.5. The number of phosphoric ester groups is 1. The van der Waals surface area contributed by atoms with Gasteiger partial charge in [0.05, 0.1) is 19.8 Å². The first-order chi connectivity index (χ1) is 23.4. The number of unbranched alkanes of at least 4 members (excludes halogenated alkanes) is 12. The van der Waals surface area contributed by atoms with Crippen molar-refractivity contribution in [3.63, 3.8) is 0 Å². The molecule has 3 N–H and O–H groups in total. The normalized spacial score (nSPS) is 14.3. The zero-order chi connectivity index (χ0) is 35.2. The summed E-state index contributed by atoms with van der Waals surface area (Å²) in [6.07, 6.45) is 42.3. The largest absolute Gasteiger partial charge is 0.472 e. The SMILES string of the molecule is CC/C=C\C/C=C\C/C=C\C/C=C\CCCCCCC(=O)OC(COCCCCCCCC/C=C\CCCC)COP(=O)(O)OCCN. The van der Waals surface area contributed by atoms with Crippen LogP contribution in [0, 0.1) is 0 Å². The van der Waals surface area contributed by atoms with Crippen molar-refractivity contribution in [3.05, 3.63) is 60.8 Å². The Balaban J connectivity index is 4.17. The standard InChI is InChI=1S/C39H70NO7P/c1-3-5-7-9-11-13-15-17-18-19-20-21-22-24-26-28-30-32-39(41)47-38(37-46-48(42,43)45-35-33-40)36-44-34-31-29-27-25-23-16-14-12-10-8-6-4-2/h5,7,10-13,17-18,20-21,38H,3-4,6,8-9,14-16,19,22-37,40H2,1-2H3,(H,42,43)/b7-5-,12-10-,13-11-,18-17-,21-20-. The van der Waals surface area contributed by atoms with E-state index in [2.05, 4.69) is 74.6 Å². The van der Waals surface area contributed by atoms with Crippen LogP contribution in [0.4, 0.5) is 0 Å². The molecule has 0 aliphatic heterocycles. The number of carbonyl (C=O) groups is 1. The second-order valence-corrected chi connectivity index (χ2v) is 13.5. The molecule has 2 atom stereocenters. The van der Waals surface area contributed by atoms with Crippen molar-refractivity contribution >= 4 is 13.8 Å². The van der Waals surface area contributed by atoms with Gasteiger partial charge in [-0.1, -0.05) is 126 Å². The van der Waals surface area contributed by atoms with Gasteiger partial charge in [-0.05, 0) is 70.6 Å². The van der Waals surface area contributed by atoms with Crippen LogP contribution in [0.1, 0.15) is 142 Å². The third-order valence-corrected chi connectivity index (χ3v) is 8.40. The highest BCUT2D eigenvalue weighted by atomic mass is 31.2. The summed E-state index contributed by atoms with van der Waals surface area (Å²) in [4.78, 5) is 22.4. The Morgan fingerprint density at radius 3 is 1.77 bits per heavy atom. The quantitative estimate of drug-likeness (QED) is 0.0291. The summed E-state index contributed by atoms with van der Waals surface area (Å²) in [6.45, 7) is 4.70. The molecule has 0 aromatic heterocycles. The maximum Gasteiger partial charge on any atom is 0.472 e. The predicted molar refractivity (Wildman–Crippen MR) is 201 cm³/mol. The number of hydrogen-bond acceptors (Lipinski definition) is 7. The van der Waals surface area contributed by atoms with Crippen molar-refractivity contribution in [1.82, 2.24) is 0 Å². The Morgan fingerprint density at radius 1 is 0.646 bits per heavy atom. The van der Waals surface area contributed by atoms with Crippen LogP contribution in [0.2, 0.25) is 0 Å². The average Bonchev–Trinajstić information content (AvgIpc) is 3.07. The molecule has 0 radical (unpaired) electrons. The first kappa shape index (κ1) is 46.2. The molecule has 0 aliphatic rings. The molecule has 0 heterocycles. The van der Waals surface area contributed by atoms with Crippen molar-refractivity contribution in [2.45, 2.75) is 148 Å². The lowest BCUT2D eigenvalue weighted by atomic mass is 10.1. The van der Waals surface area contributed by atoms with E-state index in [0.717, 1.165) is 70.6 Å². The predicted octanol–water partition coefficient (Wildman–Crippen LogP) is 10.6. The second kappa shape index (κ2) is 36.5. The van der Waals surface area contributed by atoms with Gasteiger partial charge in [-0.25, -0.2) is 4.57 Å². The third-order valence-electron chi connectivity index (χ3n) is 7.42. The van der Waals surface area contributed by atoms with E-state index in [-0.39, 0.29) is 38.8 Å². The topological polar surface area (TPSA) is 117 Å². The second-order valence-electron chi connectivity index (χ2n) is 12.1. The summed E-state index contributed by atoms with van der Waals surface area (Å²) in [5, 5.41) is 0. The van der Waals surface area contributed by atoms with E-state index >= 15 is 0 Å². The van der Waals surface area contributed by atoms with Gasteiger partial charge in [0, 0.05) is 19.6 Å². The summed E-state index contributed by atoms with van der Waals surface area (Å²) in [6, 6.07) is 0. The van der Waals surface area contributed by atoms with Gasteiger partial charge < -0.3 is 20.1 Å². The molecule has 9 heteroatoms. The van der Waals surface area contributed by atoms with Crippen LogP contribution in [0.3, 0.4) is 0 Å². The van der Waals surface area contributed by atoms with E-state index in [9.17, 15) is 14.3 Å². The fraction of sp³-hybridized carbons (Fsp3) is 0.718. The van der Waals surface area contributed by atoms with E-state index in [1.165, 1.54) is 51.4 Å². The molecule has 0 saturated heterocycles. The highest BCUT2D eigenvalue weighted by molar-refractivity contribution is 7.47. The lowest BCUT2D eigenvalue weighted by Gasteiger charge is -2.20. The summed E-state index contributed by atoms with van der Waals surface area (Å²) >= 11 is 0. The monoisotopic (exact) mass is 695 g/mol.